The van der Waals surface area contributed by atoms with Gasteiger partial charge in [-0.05, 0) is 36.1 Å². The summed E-state index contributed by atoms with van der Waals surface area (Å²) in [6, 6.07) is 10.8. The second-order valence-corrected chi connectivity index (χ2v) is 6.21. The first-order valence-corrected chi connectivity index (χ1v) is 8.18. The predicted octanol–water partition coefficient (Wildman–Crippen LogP) is 3.40. The molecule has 0 bridgehead atoms. The molecule has 116 valence electrons. The first-order chi connectivity index (χ1) is 10.6. The highest BCUT2D eigenvalue weighted by Crippen LogP contribution is 2.17. The fourth-order valence-corrected chi connectivity index (χ4v) is 2.80. The quantitative estimate of drug-likeness (QED) is 0.849. The molecule has 2 N–H and O–H groups in total. The predicted molar refractivity (Wildman–Crippen MR) is 89.3 cm³/mol. The van der Waals surface area contributed by atoms with E-state index in [-0.39, 0.29) is 24.3 Å². The van der Waals surface area contributed by atoms with Gasteiger partial charge < -0.3 is 10.6 Å². The van der Waals surface area contributed by atoms with Gasteiger partial charge in [0.2, 0.25) is 5.91 Å². The minimum atomic E-state index is -0.148. The lowest BCUT2D eigenvalue weighted by Gasteiger charge is -2.14. The van der Waals surface area contributed by atoms with Gasteiger partial charge in [-0.1, -0.05) is 29.8 Å². The van der Waals surface area contributed by atoms with Crippen LogP contribution in [0.15, 0.2) is 41.8 Å². The third-order valence-corrected chi connectivity index (χ3v) is 4.21. The van der Waals surface area contributed by atoms with Gasteiger partial charge in [0.25, 0.3) is 5.91 Å². The van der Waals surface area contributed by atoms with Crippen LogP contribution in [-0.4, -0.2) is 18.4 Å². The van der Waals surface area contributed by atoms with Crippen LogP contribution in [0.2, 0.25) is 5.02 Å². The van der Waals surface area contributed by atoms with Gasteiger partial charge >= 0.3 is 0 Å². The Morgan fingerprint density at radius 1 is 1.27 bits per heavy atom. The largest absolute Gasteiger partial charge is 0.351 e. The molecule has 0 spiro atoms. The number of hydrogen-bond donors (Lipinski definition) is 2. The topological polar surface area (TPSA) is 58.2 Å². The Morgan fingerprint density at radius 2 is 2.09 bits per heavy atom. The molecule has 0 unspecified atom stereocenters. The number of halogens is 1. The van der Waals surface area contributed by atoms with Gasteiger partial charge in [-0.3, -0.25) is 9.59 Å². The van der Waals surface area contributed by atoms with Crippen molar-refractivity contribution in [2.45, 2.75) is 19.4 Å². The summed E-state index contributed by atoms with van der Waals surface area (Å²) in [7, 11) is 0. The van der Waals surface area contributed by atoms with Crippen molar-refractivity contribution in [3.8, 4) is 0 Å². The molecule has 0 aliphatic carbocycles. The van der Waals surface area contributed by atoms with Gasteiger partial charge in [0.05, 0.1) is 10.9 Å². The minimum absolute atomic E-state index is 0.112. The van der Waals surface area contributed by atoms with Crippen molar-refractivity contribution in [3.63, 3.8) is 0 Å². The molecule has 2 rings (SSSR count). The highest BCUT2D eigenvalue weighted by atomic mass is 35.5. The van der Waals surface area contributed by atoms with Crippen LogP contribution in [0.5, 0.6) is 0 Å². The van der Waals surface area contributed by atoms with E-state index in [1.165, 1.54) is 11.3 Å². The number of benzene rings is 1. The Hall–Kier alpha value is -1.85. The van der Waals surface area contributed by atoms with Crippen LogP contribution in [-0.2, 0) is 4.79 Å². The van der Waals surface area contributed by atoms with E-state index in [4.69, 9.17) is 11.6 Å². The second-order valence-electron chi connectivity index (χ2n) is 4.83. The number of rotatable bonds is 6. The van der Waals surface area contributed by atoms with Gasteiger partial charge in [0.1, 0.15) is 0 Å². The minimum Gasteiger partial charge on any atom is -0.351 e. The fraction of sp³-hybridized carbons (Fsp3) is 0.250. The molecular weight excluding hydrogens is 320 g/mol. The van der Waals surface area contributed by atoms with E-state index < -0.39 is 0 Å². The number of carbonyl (C=O) groups excluding carboxylic acids is 2. The van der Waals surface area contributed by atoms with Crippen LogP contribution < -0.4 is 10.6 Å². The maximum absolute atomic E-state index is 11.9. The lowest BCUT2D eigenvalue weighted by molar-refractivity contribution is -0.121. The molecule has 6 heteroatoms. The molecule has 1 heterocycles. The zero-order valence-electron chi connectivity index (χ0n) is 12.1. The molecule has 1 aromatic heterocycles. The molecule has 1 aromatic carbocycles. The summed E-state index contributed by atoms with van der Waals surface area (Å²) in [6.07, 6.45) is 0.238. The molecule has 0 radical (unpaired) electrons. The van der Waals surface area contributed by atoms with Crippen LogP contribution >= 0.6 is 22.9 Å². The SMILES string of the molecule is C[C@@H](NC(=O)CCNC(=O)c1cccs1)c1cccc(Cl)c1. The molecule has 0 fully saturated rings. The summed E-state index contributed by atoms with van der Waals surface area (Å²) in [6.45, 7) is 2.21. The van der Waals surface area contributed by atoms with E-state index in [1.54, 1.807) is 12.1 Å². The molecule has 2 amide bonds. The maximum Gasteiger partial charge on any atom is 0.261 e. The van der Waals surface area contributed by atoms with E-state index in [1.807, 2.05) is 36.6 Å². The number of amides is 2. The maximum atomic E-state index is 11.9. The summed E-state index contributed by atoms with van der Waals surface area (Å²) in [5.41, 5.74) is 0.948. The summed E-state index contributed by atoms with van der Waals surface area (Å²) < 4.78 is 0. The Morgan fingerprint density at radius 3 is 2.77 bits per heavy atom. The average Bonchev–Trinajstić information content (AvgIpc) is 3.01. The molecule has 0 aliphatic heterocycles. The molecule has 22 heavy (non-hydrogen) atoms. The van der Waals surface area contributed by atoms with Crippen LogP contribution in [0.4, 0.5) is 0 Å². The van der Waals surface area contributed by atoms with Crippen LogP contribution in [0, 0.1) is 0 Å². The van der Waals surface area contributed by atoms with Gasteiger partial charge in [0.15, 0.2) is 0 Å². The highest BCUT2D eigenvalue weighted by molar-refractivity contribution is 7.12. The first kappa shape index (κ1) is 16.5. The monoisotopic (exact) mass is 336 g/mol. The first-order valence-electron chi connectivity index (χ1n) is 6.93. The van der Waals surface area contributed by atoms with Gasteiger partial charge in [0, 0.05) is 18.0 Å². The Kier molecular flexibility index (Phi) is 5.98. The normalized spacial score (nSPS) is 11.7. The number of nitrogens with one attached hydrogen (secondary N) is 2. The molecular formula is C16H17ClN2O2S. The van der Waals surface area contributed by atoms with Crippen molar-refractivity contribution in [2.75, 3.05) is 6.54 Å². The van der Waals surface area contributed by atoms with E-state index in [9.17, 15) is 9.59 Å². The third-order valence-electron chi connectivity index (χ3n) is 3.11. The van der Waals surface area contributed by atoms with Gasteiger partial charge in [-0.15, -0.1) is 11.3 Å². The number of hydrogen-bond acceptors (Lipinski definition) is 3. The van der Waals surface area contributed by atoms with Gasteiger partial charge in [-0.25, -0.2) is 0 Å². The molecule has 0 aliphatic rings. The molecule has 2 aromatic rings. The van der Waals surface area contributed by atoms with Crippen molar-refractivity contribution in [1.82, 2.24) is 10.6 Å². The third kappa shape index (κ3) is 4.86. The summed E-state index contributed by atoms with van der Waals surface area (Å²) >= 11 is 7.31. The molecule has 0 saturated heterocycles. The Labute approximate surface area is 138 Å². The molecule has 4 nitrogen and oxygen atoms in total. The average molecular weight is 337 g/mol. The van der Waals surface area contributed by atoms with Crippen molar-refractivity contribution in [2.24, 2.45) is 0 Å². The number of thiophene rings is 1. The van der Waals surface area contributed by atoms with Crippen LogP contribution in [0.25, 0.3) is 0 Å². The van der Waals surface area contributed by atoms with E-state index >= 15 is 0 Å². The van der Waals surface area contributed by atoms with Crippen molar-refractivity contribution in [1.29, 1.82) is 0 Å². The van der Waals surface area contributed by atoms with Crippen molar-refractivity contribution < 1.29 is 9.59 Å². The Bertz CT molecular complexity index is 643. The van der Waals surface area contributed by atoms with E-state index in [2.05, 4.69) is 10.6 Å². The molecule has 1 atom stereocenters. The van der Waals surface area contributed by atoms with Crippen LogP contribution in [0.3, 0.4) is 0 Å². The van der Waals surface area contributed by atoms with Crippen molar-refractivity contribution >= 4 is 34.8 Å². The van der Waals surface area contributed by atoms with E-state index in [0.29, 0.717) is 16.4 Å². The van der Waals surface area contributed by atoms with Gasteiger partial charge in [-0.2, -0.15) is 0 Å². The lowest BCUT2D eigenvalue weighted by Crippen LogP contribution is -2.31. The van der Waals surface area contributed by atoms with Crippen LogP contribution in [0.1, 0.15) is 34.6 Å². The second kappa shape index (κ2) is 7.96. The summed E-state index contributed by atoms with van der Waals surface area (Å²) in [5.74, 6) is -0.260. The number of carbonyl (C=O) groups is 2. The highest BCUT2D eigenvalue weighted by Gasteiger charge is 2.11. The van der Waals surface area contributed by atoms with E-state index in [0.717, 1.165) is 5.56 Å². The van der Waals surface area contributed by atoms with Crippen molar-refractivity contribution in [3.05, 3.63) is 57.2 Å². The summed E-state index contributed by atoms with van der Waals surface area (Å²) in [4.78, 5) is 24.3. The standard InChI is InChI=1S/C16H17ClN2O2S/c1-11(12-4-2-5-13(17)10-12)19-15(20)7-8-18-16(21)14-6-3-9-22-14/h2-6,9-11H,7-8H2,1H3,(H,18,21)(H,19,20)/t11-/m1/s1. The fourth-order valence-electron chi connectivity index (χ4n) is 1.96. The smallest absolute Gasteiger partial charge is 0.261 e. The zero-order chi connectivity index (χ0) is 15.9. The zero-order valence-corrected chi connectivity index (χ0v) is 13.7. The Balaban J connectivity index is 1.75. The molecule has 0 saturated carbocycles. The lowest BCUT2D eigenvalue weighted by atomic mass is 10.1. The summed E-state index contributed by atoms with van der Waals surface area (Å²) in [5, 5.41) is 8.10.